The molecular weight excluding hydrogens is 258 g/mol. The van der Waals surface area contributed by atoms with Gasteiger partial charge in [0, 0.05) is 16.8 Å². The van der Waals surface area contributed by atoms with Crippen LogP contribution in [0.5, 0.6) is 5.75 Å². The van der Waals surface area contributed by atoms with E-state index in [1.54, 1.807) is 18.4 Å². The summed E-state index contributed by atoms with van der Waals surface area (Å²) in [5.41, 5.74) is 8.03. The highest BCUT2D eigenvalue weighted by Crippen LogP contribution is 2.31. The minimum absolute atomic E-state index is 0.510. The zero-order chi connectivity index (χ0) is 13.4. The van der Waals surface area contributed by atoms with Crippen LogP contribution < -0.4 is 10.5 Å². The first kappa shape index (κ1) is 11.9. The topological polar surface area (TPSA) is 61.0 Å². The van der Waals surface area contributed by atoms with Crippen molar-refractivity contribution in [1.29, 1.82) is 0 Å². The number of ether oxygens (including phenoxy) is 1. The number of nitrogens with two attached hydrogens (primary N) is 1. The van der Waals surface area contributed by atoms with Gasteiger partial charge in [0.05, 0.1) is 17.5 Å². The molecule has 2 aromatic heterocycles. The van der Waals surface area contributed by atoms with Crippen LogP contribution in [0.2, 0.25) is 0 Å². The normalized spacial score (nSPS) is 10.8. The number of thiophene rings is 1. The molecule has 0 atom stereocenters. The van der Waals surface area contributed by atoms with E-state index in [0.717, 1.165) is 27.1 Å². The summed E-state index contributed by atoms with van der Waals surface area (Å²) in [5, 5.41) is 2.82. The highest BCUT2D eigenvalue weighted by molar-refractivity contribution is 7.13. The zero-order valence-electron chi connectivity index (χ0n) is 10.7. The zero-order valence-corrected chi connectivity index (χ0v) is 11.5. The molecule has 0 fully saturated rings. The van der Waals surface area contributed by atoms with Crippen LogP contribution in [0.25, 0.3) is 21.6 Å². The van der Waals surface area contributed by atoms with Crippen LogP contribution in [-0.2, 0) is 0 Å². The number of anilines is 1. The molecule has 2 N–H and O–H groups in total. The average Bonchev–Trinajstić information content (AvgIpc) is 2.88. The first-order valence-electron chi connectivity index (χ1n) is 5.84. The summed E-state index contributed by atoms with van der Waals surface area (Å²) >= 11 is 1.54. The second-order valence-electron chi connectivity index (χ2n) is 4.30. The minimum atomic E-state index is 0.510. The lowest BCUT2D eigenvalue weighted by molar-refractivity contribution is 0.417. The number of rotatable bonds is 2. The molecule has 0 bridgehead atoms. The molecule has 19 heavy (non-hydrogen) atoms. The molecule has 0 aliphatic heterocycles. The number of nitrogen functional groups attached to an aromatic ring is 1. The summed E-state index contributed by atoms with van der Waals surface area (Å²) in [6.07, 6.45) is 0. The number of aryl methyl sites for hydroxylation is 1. The van der Waals surface area contributed by atoms with Gasteiger partial charge < -0.3 is 10.5 Å². The summed E-state index contributed by atoms with van der Waals surface area (Å²) in [5.74, 6) is 1.96. The van der Waals surface area contributed by atoms with Gasteiger partial charge in [0.2, 0.25) is 0 Å². The summed E-state index contributed by atoms with van der Waals surface area (Å²) < 4.78 is 5.17. The van der Waals surface area contributed by atoms with Crippen LogP contribution in [0.1, 0.15) is 5.56 Å². The molecule has 0 radical (unpaired) electrons. The first-order chi connectivity index (χ1) is 9.17. The molecule has 0 unspecified atom stereocenters. The molecule has 0 amide bonds. The van der Waals surface area contributed by atoms with Gasteiger partial charge in [-0.3, -0.25) is 0 Å². The smallest absolute Gasteiger partial charge is 0.172 e. The van der Waals surface area contributed by atoms with E-state index in [9.17, 15) is 0 Å². The standard InChI is InChI=1S/C14H13N3OS/c1-8-3-4-11-10(5-8)13(15)17-14(16-11)12-6-9(18-2)7-19-12/h3-7H,1-2H3,(H2,15,16,17). The van der Waals surface area contributed by atoms with Crippen molar-refractivity contribution in [3.63, 3.8) is 0 Å². The Morgan fingerprint density at radius 2 is 2.05 bits per heavy atom. The Hall–Kier alpha value is -2.14. The van der Waals surface area contributed by atoms with Crippen LogP contribution in [0, 0.1) is 6.92 Å². The number of benzene rings is 1. The van der Waals surface area contributed by atoms with Gasteiger partial charge in [0.1, 0.15) is 11.6 Å². The lowest BCUT2D eigenvalue weighted by Crippen LogP contribution is -1.97. The van der Waals surface area contributed by atoms with Crippen molar-refractivity contribution in [2.75, 3.05) is 12.8 Å². The fourth-order valence-electron chi connectivity index (χ4n) is 1.92. The van der Waals surface area contributed by atoms with Crippen LogP contribution in [0.4, 0.5) is 5.82 Å². The van der Waals surface area contributed by atoms with Crippen LogP contribution in [0.3, 0.4) is 0 Å². The van der Waals surface area contributed by atoms with Gasteiger partial charge in [-0.2, -0.15) is 0 Å². The van der Waals surface area contributed by atoms with Crippen LogP contribution in [-0.4, -0.2) is 17.1 Å². The maximum Gasteiger partial charge on any atom is 0.172 e. The van der Waals surface area contributed by atoms with E-state index in [0.29, 0.717) is 11.6 Å². The monoisotopic (exact) mass is 271 g/mol. The molecular formula is C14H13N3OS. The van der Waals surface area contributed by atoms with E-state index in [4.69, 9.17) is 10.5 Å². The molecule has 3 rings (SSSR count). The molecule has 2 heterocycles. The molecule has 3 aromatic rings. The molecule has 0 saturated carbocycles. The van der Waals surface area contributed by atoms with Crippen LogP contribution in [0.15, 0.2) is 29.6 Å². The quantitative estimate of drug-likeness (QED) is 0.777. The molecule has 0 saturated heterocycles. The van der Waals surface area contributed by atoms with Gasteiger partial charge in [0.15, 0.2) is 5.82 Å². The van der Waals surface area contributed by atoms with Crippen molar-refractivity contribution in [1.82, 2.24) is 9.97 Å². The van der Waals surface area contributed by atoms with E-state index < -0.39 is 0 Å². The third kappa shape index (κ3) is 2.13. The summed E-state index contributed by atoms with van der Waals surface area (Å²) in [7, 11) is 1.64. The molecule has 4 nitrogen and oxygen atoms in total. The van der Waals surface area contributed by atoms with E-state index >= 15 is 0 Å². The number of fused-ring (bicyclic) bond motifs is 1. The highest BCUT2D eigenvalue weighted by atomic mass is 32.1. The molecule has 96 valence electrons. The average molecular weight is 271 g/mol. The first-order valence-corrected chi connectivity index (χ1v) is 6.72. The third-order valence-electron chi connectivity index (χ3n) is 2.91. The molecule has 0 spiro atoms. The van der Waals surface area contributed by atoms with Gasteiger partial charge in [-0.1, -0.05) is 11.6 Å². The van der Waals surface area contributed by atoms with Gasteiger partial charge in [-0.25, -0.2) is 9.97 Å². The molecule has 0 aliphatic rings. The fourth-order valence-corrected chi connectivity index (χ4v) is 2.71. The SMILES string of the molecule is COc1csc(-c2nc(N)c3cc(C)ccc3n2)c1. The number of methoxy groups -OCH3 is 1. The maximum absolute atomic E-state index is 6.02. The number of hydrogen-bond acceptors (Lipinski definition) is 5. The molecule has 0 aliphatic carbocycles. The van der Waals surface area contributed by atoms with Crippen molar-refractivity contribution in [3.05, 3.63) is 35.2 Å². The van der Waals surface area contributed by atoms with Crippen LogP contribution >= 0.6 is 11.3 Å². The Labute approximate surface area is 114 Å². The second-order valence-corrected chi connectivity index (χ2v) is 5.22. The lowest BCUT2D eigenvalue weighted by Gasteiger charge is -2.04. The van der Waals surface area contributed by atoms with Crippen molar-refractivity contribution in [2.45, 2.75) is 6.92 Å². The summed E-state index contributed by atoms with van der Waals surface area (Å²) in [4.78, 5) is 9.89. The predicted molar refractivity (Wildman–Crippen MR) is 78.6 cm³/mol. The minimum Gasteiger partial charge on any atom is -0.496 e. The number of nitrogens with zero attached hydrogens (tertiary/aromatic N) is 2. The third-order valence-corrected chi connectivity index (χ3v) is 3.82. The Morgan fingerprint density at radius 3 is 2.79 bits per heavy atom. The maximum atomic E-state index is 6.02. The van der Waals surface area contributed by atoms with E-state index in [1.807, 2.05) is 36.6 Å². The van der Waals surface area contributed by atoms with E-state index in [1.165, 1.54) is 0 Å². The van der Waals surface area contributed by atoms with Gasteiger partial charge in [0.25, 0.3) is 0 Å². The van der Waals surface area contributed by atoms with Crippen molar-refractivity contribution in [2.24, 2.45) is 0 Å². The van der Waals surface area contributed by atoms with Gasteiger partial charge >= 0.3 is 0 Å². The molecule has 1 aromatic carbocycles. The lowest BCUT2D eigenvalue weighted by atomic mass is 10.1. The van der Waals surface area contributed by atoms with Crippen molar-refractivity contribution < 1.29 is 4.74 Å². The largest absolute Gasteiger partial charge is 0.496 e. The Bertz CT molecular complexity index is 752. The van der Waals surface area contributed by atoms with E-state index in [2.05, 4.69) is 9.97 Å². The second kappa shape index (κ2) is 4.51. The van der Waals surface area contributed by atoms with Crippen molar-refractivity contribution >= 4 is 28.1 Å². The Balaban J connectivity index is 2.17. The van der Waals surface area contributed by atoms with Crippen molar-refractivity contribution in [3.8, 4) is 16.5 Å². The summed E-state index contributed by atoms with van der Waals surface area (Å²) in [6, 6.07) is 7.91. The summed E-state index contributed by atoms with van der Waals surface area (Å²) in [6.45, 7) is 2.02. The fraction of sp³-hybridized carbons (Fsp3) is 0.143. The van der Waals surface area contributed by atoms with E-state index in [-0.39, 0.29) is 0 Å². The Kier molecular flexibility index (Phi) is 2.83. The van der Waals surface area contributed by atoms with Gasteiger partial charge in [-0.05, 0) is 19.1 Å². The molecule has 5 heteroatoms. The number of hydrogen-bond donors (Lipinski definition) is 1. The van der Waals surface area contributed by atoms with Gasteiger partial charge in [-0.15, -0.1) is 11.3 Å². The Morgan fingerprint density at radius 1 is 1.21 bits per heavy atom. The predicted octanol–water partition coefficient (Wildman–Crippen LogP) is 3.26. The number of aromatic nitrogens is 2. The highest BCUT2D eigenvalue weighted by Gasteiger charge is 2.10.